The second-order valence-electron chi connectivity index (χ2n) is 7.54. The third kappa shape index (κ3) is 4.40. The Morgan fingerprint density at radius 3 is 2.15 bits per heavy atom. The van der Waals surface area contributed by atoms with Crippen LogP contribution in [0.5, 0.6) is 11.5 Å². The number of Topliss-reactive ketones (excluding diaryl/α,β-unsaturated/α-hetero) is 1. The number of aliphatic hydroxyl groups is 1. The van der Waals surface area contributed by atoms with Gasteiger partial charge in [-0.25, -0.2) is 4.79 Å². The van der Waals surface area contributed by atoms with E-state index in [-0.39, 0.29) is 16.9 Å². The van der Waals surface area contributed by atoms with Gasteiger partial charge in [-0.15, -0.1) is 0 Å². The van der Waals surface area contributed by atoms with E-state index in [1.807, 2.05) is 0 Å². The van der Waals surface area contributed by atoms with Gasteiger partial charge >= 0.3 is 12.2 Å². The van der Waals surface area contributed by atoms with Gasteiger partial charge in [0.2, 0.25) is 5.72 Å². The van der Waals surface area contributed by atoms with E-state index in [1.165, 1.54) is 47.8 Å². The van der Waals surface area contributed by atoms with Crippen molar-refractivity contribution in [2.75, 3.05) is 0 Å². The highest BCUT2D eigenvalue weighted by molar-refractivity contribution is 6.00. The number of nitrogens with one attached hydrogen (secondary N) is 2. The summed E-state index contributed by atoms with van der Waals surface area (Å²) in [5, 5.41) is 14.5. The minimum absolute atomic E-state index is 0.0372. The maximum atomic E-state index is 14.0. The van der Waals surface area contributed by atoms with E-state index in [4.69, 9.17) is 4.74 Å². The Kier molecular flexibility index (Phi) is 5.82. The standard InChI is InChI=1S/C24H19F3N2O4/c25-24(26,27)23(32)19(21(30)15-8-3-1-4-9-15)20(28-22(31)29-23)16-10-7-13-18(14-16)33-17-11-5-2-6-12-17/h1-14,19-20,32H,(H2,28,29,31)/t19-,20-,23+/m1/s1. The quantitative estimate of drug-likeness (QED) is 0.491. The number of benzene rings is 3. The van der Waals surface area contributed by atoms with Crippen molar-refractivity contribution >= 4 is 11.8 Å². The maximum absolute atomic E-state index is 14.0. The van der Waals surface area contributed by atoms with E-state index in [2.05, 4.69) is 5.32 Å². The van der Waals surface area contributed by atoms with Crippen LogP contribution in [0, 0.1) is 5.92 Å². The summed E-state index contributed by atoms with van der Waals surface area (Å²) in [4.78, 5) is 25.4. The van der Waals surface area contributed by atoms with Gasteiger partial charge in [0.1, 0.15) is 17.4 Å². The van der Waals surface area contributed by atoms with Crippen LogP contribution in [-0.4, -0.2) is 28.8 Å². The van der Waals surface area contributed by atoms with Crippen LogP contribution in [0.25, 0.3) is 0 Å². The molecule has 0 spiro atoms. The van der Waals surface area contributed by atoms with Gasteiger partial charge in [0.25, 0.3) is 0 Å². The molecule has 2 amide bonds. The normalized spacial score (nSPS) is 22.7. The van der Waals surface area contributed by atoms with Crippen molar-refractivity contribution in [1.29, 1.82) is 0 Å². The van der Waals surface area contributed by atoms with Crippen LogP contribution in [-0.2, 0) is 0 Å². The lowest BCUT2D eigenvalue weighted by atomic mass is 9.77. The zero-order valence-corrected chi connectivity index (χ0v) is 17.0. The van der Waals surface area contributed by atoms with Gasteiger partial charge in [-0.3, -0.25) is 4.79 Å². The summed E-state index contributed by atoms with van der Waals surface area (Å²) < 4.78 is 47.8. The van der Waals surface area contributed by atoms with Crippen LogP contribution in [0.1, 0.15) is 22.0 Å². The number of alkyl halides is 3. The first-order valence-electron chi connectivity index (χ1n) is 9.99. The lowest BCUT2D eigenvalue weighted by Crippen LogP contribution is -2.72. The highest BCUT2D eigenvalue weighted by Gasteiger charge is 2.66. The van der Waals surface area contributed by atoms with Gasteiger partial charge in [0.05, 0.1) is 6.04 Å². The fourth-order valence-electron chi connectivity index (χ4n) is 3.79. The van der Waals surface area contributed by atoms with Gasteiger partial charge < -0.3 is 20.5 Å². The van der Waals surface area contributed by atoms with Crippen molar-refractivity contribution < 1.29 is 32.6 Å². The average Bonchev–Trinajstić information content (AvgIpc) is 2.79. The molecule has 3 atom stereocenters. The summed E-state index contributed by atoms with van der Waals surface area (Å²) in [7, 11) is 0. The second kappa shape index (κ2) is 8.59. The smallest absolute Gasteiger partial charge is 0.437 e. The number of carbonyl (C=O) groups is 2. The Bertz CT molecular complexity index is 1160. The minimum Gasteiger partial charge on any atom is -0.457 e. The molecule has 170 valence electrons. The van der Waals surface area contributed by atoms with E-state index in [0.717, 1.165) is 0 Å². The van der Waals surface area contributed by atoms with Gasteiger partial charge in [-0.1, -0.05) is 60.7 Å². The molecule has 6 nitrogen and oxygen atoms in total. The van der Waals surface area contributed by atoms with Crippen LogP contribution in [0.4, 0.5) is 18.0 Å². The first kappa shape index (κ1) is 22.3. The zero-order chi connectivity index (χ0) is 23.6. The average molecular weight is 456 g/mol. The van der Waals surface area contributed by atoms with E-state index >= 15 is 0 Å². The molecule has 1 aliphatic heterocycles. The van der Waals surface area contributed by atoms with Gasteiger partial charge in [-0.2, -0.15) is 13.2 Å². The Hall–Kier alpha value is -3.85. The van der Waals surface area contributed by atoms with E-state index in [1.54, 1.807) is 42.5 Å². The van der Waals surface area contributed by atoms with Crippen LogP contribution >= 0.6 is 0 Å². The SMILES string of the molecule is O=C1N[C@H](c2cccc(Oc3ccccc3)c2)[C@H](C(=O)c2ccccc2)[C@](O)(C(F)(F)F)N1. The fraction of sp³-hybridized carbons (Fsp3) is 0.167. The van der Waals surface area contributed by atoms with Crippen molar-refractivity contribution in [1.82, 2.24) is 10.6 Å². The summed E-state index contributed by atoms with van der Waals surface area (Å²) in [6, 6.07) is 19.2. The molecule has 0 aliphatic carbocycles. The molecule has 0 radical (unpaired) electrons. The van der Waals surface area contributed by atoms with E-state index in [9.17, 15) is 27.9 Å². The lowest BCUT2D eigenvalue weighted by molar-refractivity contribution is -0.287. The largest absolute Gasteiger partial charge is 0.457 e. The predicted molar refractivity (Wildman–Crippen MR) is 113 cm³/mol. The monoisotopic (exact) mass is 456 g/mol. The Labute approximate surface area is 187 Å². The summed E-state index contributed by atoms with van der Waals surface area (Å²) in [6.07, 6.45) is -5.32. The fourth-order valence-corrected chi connectivity index (χ4v) is 3.79. The van der Waals surface area contributed by atoms with Crippen LogP contribution in [0.15, 0.2) is 84.9 Å². The zero-order valence-electron chi connectivity index (χ0n) is 17.0. The number of hydrogen-bond donors (Lipinski definition) is 3. The van der Waals surface area contributed by atoms with Crippen molar-refractivity contribution in [3.63, 3.8) is 0 Å². The molecule has 1 fully saturated rings. The van der Waals surface area contributed by atoms with Gasteiger partial charge in [-0.05, 0) is 29.8 Å². The van der Waals surface area contributed by atoms with Crippen molar-refractivity contribution in [3.8, 4) is 11.5 Å². The number of carbonyl (C=O) groups excluding carboxylic acids is 2. The summed E-state index contributed by atoms with van der Waals surface area (Å²) >= 11 is 0. The number of urea groups is 1. The number of hydrogen-bond acceptors (Lipinski definition) is 4. The first-order chi connectivity index (χ1) is 15.7. The van der Waals surface area contributed by atoms with E-state index in [0.29, 0.717) is 5.75 Å². The number of rotatable bonds is 5. The lowest BCUT2D eigenvalue weighted by Gasteiger charge is -2.45. The molecule has 0 saturated carbocycles. The Morgan fingerprint density at radius 1 is 0.909 bits per heavy atom. The molecule has 3 N–H and O–H groups in total. The molecule has 0 bridgehead atoms. The molecular weight excluding hydrogens is 437 g/mol. The summed E-state index contributed by atoms with van der Waals surface area (Å²) in [6.45, 7) is 0. The predicted octanol–water partition coefficient (Wildman–Crippen LogP) is 4.58. The van der Waals surface area contributed by atoms with Crippen LogP contribution < -0.4 is 15.4 Å². The highest BCUT2D eigenvalue weighted by Crippen LogP contribution is 2.44. The molecule has 1 aliphatic rings. The molecule has 33 heavy (non-hydrogen) atoms. The first-order valence-corrected chi connectivity index (χ1v) is 9.99. The third-order valence-electron chi connectivity index (χ3n) is 5.34. The highest BCUT2D eigenvalue weighted by atomic mass is 19.4. The molecule has 9 heteroatoms. The maximum Gasteiger partial charge on any atom is 0.437 e. The second-order valence-corrected chi connectivity index (χ2v) is 7.54. The number of ether oxygens (including phenoxy) is 1. The van der Waals surface area contributed by atoms with Gasteiger partial charge in [0, 0.05) is 5.56 Å². The summed E-state index contributed by atoms with van der Waals surface area (Å²) in [5.74, 6) is -2.31. The molecule has 3 aromatic rings. The molecule has 4 rings (SSSR count). The van der Waals surface area contributed by atoms with Crippen LogP contribution in [0.3, 0.4) is 0 Å². The van der Waals surface area contributed by atoms with Crippen molar-refractivity contribution in [2.24, 2.45) is 5.92 Å². The number of para-hydroxylation sites is 1. The van der Waals surface area contributed by atoms with Gasteiger partial charge in [0.15, 0.2) is 5.78 Å². The molecular formula is C24H19F3N2O4. The van der Waals surface area contributed by atoms with Crippen molar-refractivity contribution in [3.05, 3.63) is 96.1 Å². The molecule has 1 saturated heterocycles. The summed E-state index contributed by atoms with van der Waals surface area (Å²) in [5.41, 5.74) is -3.66. The number of ketones is 1. The topological polar surface area (TPSA) is 87.7 Å². The molecule has 0 aromatic heterocycles. The van der Waals surface area contributed by atoms with E-state index < -0.39 is 35.7 Å². The van der Waals surface area contributed by atoms with Crippen LogP contribution in [0.2, 0.25) is 0 Å². The van der Waals surface area contributed by atoms with Crippen molar-refractivity contribution in [2.45, 2.75) is 17.9 Å². The third-order valence-corrected chi connectivity index (χ3v) is 5.34. The molecule has 3 aromatic carbocycles. The number of halogens is 3. The minimum atomic E-state index is -5.32. The number of amides is 2. The molecule has 1 heterocycles. The Morgan fingerprint density at radius 2 is 1.52 bits per heavy atom. The Balaban J connectivity index is 1.78. The molecule has 0 unspecified atom stereocenters.